The molecule has 2 fully saturated rings. The van der Waals surface area contributed by atoms with E-state index in [0.29, 0.717) is 0 Å². The van der Waals surface area contributed by atoms with Gasteiger partial charge in [-0.25, -0.2) is 0 Å². The fourth-order valence-electron chi connectivity index (χ4n) is 2.79. The molecule has 1 radical (unpaired) electrons. The lowest BCUT2D eigenvalue weighted by Gasteiger charge is -2.45. The van der Waals surface area contributed by atoms with Crippen molar-refractivity contribution in [2.75, 3.05) is 6.54 Å². The van der Waals surface area contributed by atoms with Gasteiger partial charge >= 0.3 is 0 Å². The summed E-state index contributed by atoms with van der Waals surface area (Å²) in [6.45, 7) is 5.05. The monoisotopic (exact) mass is 152 g/mol. The smallest absolute Gasteiger partial charge is 0.00982 e. The predicted octanol–water partition coefficient (Wildman–Crippen LogP) is 2.23. The molecular formula is C10H18N. The molecule has 0 aromatic rings. The second-order valence-corrected chi connectivity index (χ2v) is 3.91. The zero-order valence-corrected chi connectivity index (χ0v) is 7.26. The minimum Gasteiger partial charge on any atom is -0.297 e. The first-order valence-electron chi connectivity index (χ1n) is 4.97. The summed E-state index contributed by atoms with van der Waals surface area (Å²) in [5, 5.41) is 0. The van der Waals surface area contributed by atoms with Crippen molar-refractivity contribution in [3.8, 4) is 0 Å². The predicted molar refractivity (Wildman–Crippen MR) is 47.3 cm³/mol. The summed E-state index contributed by atoms with van der Waals surface area (Å²) >= 11 is 0. The number of piperidine rings is 2. The lowest BCUT2D eigenvalue weighted by atomic mass is 9.85. The number of rotatable bonds is 1. The Morgan fingerprint density at radius 2 is 1.45 bits per heavy atom. The van der Waals surface area contributed by atoms with Gasteiger partial charge in [-0.3, -0.25) is 4.90 Å². The quantitative estimate of drug-likeness (QED) is 0.557. The Hall–Kier alpha value is -0.0400. The molecule has 63 valence electrons. The molecule has 2 aliphatic heterocycles. The van der Waals surface area contributed by atoms with Crippen molar-refractivity contribution in [2.45, 2.75) is 50.6 Å². The summed E-state index contributed by atoms with van der Waals surface area (Å²) in [4.78, 5) is 2.63. The van der Waals surface area contributed by atoms with Crippen molar-refractivity contribution >= 4 is 0 Å². The average molecular weight is 152 g/mol. The number of nitrogens with zero attached hydrogens (tertiary/aromatic N) is 1. The van der Waals surface area contributed by atoms with Crippen LogP contribution in [0.3, 0.4) is 0 Å². The topological polar surface area (TPSA) is 3.24 Å². The molecule has 0 aromatic carbocycles. The van der Waals surface area contributed by atoms with E-state index in [9.17, 15) is 0 Å². The van der Waals surface area contributed by atoms with Crippen LogP contribution in [0, 0.1) is 6.92 Å². The molecule has 0 spiro atoms. The van der Waals surface area contributed by atoms with E-state index in [0.717, 1.165) is 18.6 Å². The second kappa shape index (κ2) is 3.14. The standard InChI is InChI=1S/C10H18N/c1-2-11-9-5-3-6-10(11)8-4-7-9/h9-10H,1-8H2. The highest BCUT2D eigenvalue weighted by molar-refractivity contribution is 4.88. The summed E-state index contributed by atoms with van der Waals surface area (Å²) in [5.41, 5.74) is 0. The van der Waals surface area contributed by atoms with Crippen LogP contribution >= 0.6 is 0 Å². The minimum absolute atomic E-state index is 0.903. The fourth-order valence-corrected chi connectivity index (χ4v) is 2.79. The average Bonchev–Trinajstić information content (AvgIpc) is 2.03. The van der Waals surface area contributed by atoms with Gasteiger partial charge in [0, 0.05) is 12.1 Å². The van der Waals surface area contributed by atoms with E-state index < -0.39 is 0 Å². The molecule has 0 saturated carbocycles. The molecule has 1 nitrogen and oxygen atoms in total. The van der Waals surface area contributed by atoms with Crippen LogP contribution in [0.5, 0.6) is 0 Å². The molecule has 2 rings (SSSR count). The van der Waals surface area contributed by atoms with Crippen molar-refractivity contribution in [2.24, 2.45) is 0 Å². The highest BCUT2D eigenvalue weighted by atomic mass is 15.2. The highest BCUT2D eigenvalue weighted by Gasteiger charge is 2.32. The van der Waals surface area contributed by atoms with Crippen LogP contribution in [0.15, 0.2) is 0 Å². The Kier molecular flexibility index (Phi) is 2.17. The van der Waals surface area contributed by atoms with Crippen LogP contribution < -0.4 is 0 Å². The van der Waals surface area contributed by atoms with Crippen LogP contribution in [0.4, 0.5) is 0 Å². The summed E-state index contributed by atoms with van der Waals surface area (Å²) in [7, 11) is 0. The molecule has 2 aliphatic rings. The molecule has 0 unspecified atom stereocenters. The Bertz CT molecular complexity index is 111. The van der Waals surface area contributed by atoms with Gasteiger partial charge in [0.2, 0.25) is 0 Å². The van der Waals surface area contributed by atoms with Crippen molar-refractivity contribution in [1.82, 2.24) is 4.90 Å². The van der Waals surface area contributed by atoms with Gasteiger partial charge in [-0.15, -0.1) is 0 Å². The molecule has 0 atom stereocenters. The molecule has 0 aromatic heterocycles. The van der Waals surface area contributed by atoms with Crippen molar-refractivity contribution in [3.63, 3.8) is 0 Å². The maximum absolute atomic E-state index is 4.02. The molecule has 0 amide bonds. The Morgan fingerprint density at radius 1 is 1.00 bits per heavy atom. The molecule has 0 aliphatic carbocycles. The fraction of sp³-hybridized carbons (Fsp3) is 0.900. The van der Waals surface area contributed by atoms with Gasteiger partial charge in [0.15, 0.2) is 0 Å². The third-order valence-electron chi connectivity index (χ3n) is 3.35. The second-order valence-electron chi connectivity index (χ2n) is 3.91. The third kappa shape index (κ3) is 1.31. The van der Waals surface area contributed by atoms with Gasteiger partial charge in [0.25, 0.3) is 0 Å². The van der Waals surface area contributed by atoms with Crippen molar-refractivity contribution in [1.29, 1.82) is 0 Å². The molecule has 0 N–H and O–H groups in total. The van der Waals surface area contributed by atoms with Crippen LogP contribution in [-0.4, -0.2) is 23.5 Å². The van der Waals surface area contributed by atoms with Crippen LogP contribution in [0.2, 0.25) is 0 Å². The van der Waals surface area contributed by atoms with E-state index in [4.69, 9.17) is 0 Å². The van der Waals surface area contributed by atoms with E-state index in [1.165, 1.54) is 38.5 Å². The number of hydrogen-bond acceptors (Lipinski definition) is 1. The molecule has 11 heavy (non-hydrogen) atoms. The van der Waals surface area contributed by atoms with Gasteiger partial charge in [-0.05, 0) is 39.2 Å². The third-order valence-corrected chi connectivity index (χ3v) is 3.35. The van der Waals surface area contributed by atoms with Crippen LogP contribution in [0.25, 0.3) is 0 Å². The van der Waals surface area contributed by atoms with E-state index in [1.807, 2.05) is 0 Å². The summed E-state index contributed by atoms with van der Waals surface area (Å²) < 4.78 is 0. The number of hydrogen-bond donors (Lipinski definition) is 0. The van der Waals surface area contributed by atoms with Crippen LogP contribution in [-0.2, 0) is 0 Å². The normalized spacial score (nSPS) is 39.0. The van der Waals surface area contributed by atoms with E-state index in [-0.39, 0.29) is 0 Å². The molecule has 2 heterocycles. The van der Waals surface area contributed by atoms with Gasteiger partial charge in [0.05, 0.1) is 0 Å². The van der Waals surface area contributed by atoms with E-state index in [2.05, 4.69) is 11.8 Å². The van der Waals surface area contributed by atoms with Crippen molar-refractivity contribution < 1.29 is 0 Å². The number of fused-ring (bicyclic) bond motifs is 2. The van der Waals surface area contributed by atoms with Gasteiger partial charge < -0.3 is 0 Å². The molecular weight excluding hydrogens is 134 g/mol. The Balaban J connectivity index is 2.04. The zero-order valence-electron chi connectivity index (χ0n) is 7.26. The Morgan fingerprint density at radius 3 is 1.73 bits per heavy atom. The largest absolute Gasteiger partial charge is 0.297 e. The first-order chi connectivity index (χ1) is 5.42. The SMILES string of the molecule is [CH2]CN1C2CCCC1CCC2. The molecule has 2 saturated heterocycles. The van der Waals surface area contributed by atoms with E-state index >= 15 is 0 Å². The van der Waals surface area contributed by atoms with Crippen LogP contribution in [0.1, 0.15) is 38.5 Å². The summed E-state index contributed by atoms with van der Waals surface area (Å²) in [5.74, 6) is 0. The van der Waals surface area contributed by atoms with E-state index in [1.54, 1.807) is 0 Å². The highest BCUT2D eigenvalue weighted by Crippen LogP contribution is 2.32. The minimum atomic E-state index is 0.903. The summed E-state index contributed by atoms with van der Waals surface area (Å²) in [6, 6.07) is 1.81. The first kappa shape index (κ1) is 7.60. The molecule has 2 bridgehead atoms. The first-order valence-corrected chi connectivity index (χ1v) is 4.97. The van der Waals surface area contributed by atoms with Gasteiger partial charge in [-0.2, -0.15) is 0 Å². The Labute approximate surface area is 69.8 Å². The summed E-state index contributed by atoms with van der Waals surface area (Å²) in [6.07, 6.45) is 8.67. The lowest BCUT2D eigenvalue weighted by molar-refractivity contribution is 0.0515. The van der Waals surface area contributed by atoms with Gasteiger partial charge in [0.1, 0.15) is 0 Å². The maximum atomic E-state index is 4.02. The van der Waals surface area contributed by atoms with Crippen molar-refractivity contribution in [3.05, 3.63) is 6.92 Å². The lowest BCUT2D eigenvalue weighted by Crippen LogP contribution is -2.49. The van der Waals surface area contributed by atoms with Gasteiger partial charge in [-0.1, -0.05) is 12.8 Å². The zero-order chi connectivity index (χ0) is 7.68. The molecule has 1 heteroatoms. The maximum Gasteiger partial charge on any atom is 0.00982 e.